The summed E-state index contributed by atoms with van der Waals surface area (Å²) in [6, 6.07) is 25.3. The van der Waals surface area contributed by atoms with Crippen LogP contribution in [-0.2, 0) is 0 Å². The Hall–Kier alpha value is -4.12. The summed E-state index contributed by atoms with van der Waals surface area (Å²) in [6.07, 6.45) is 8.67. The number of hydrogen-bond donors (Lipinski definition) is 1. The lowest BCUT2D eigenvalue weighted by Crippen LogP contribution is -2.47. The third-order valence-electron chi connectivity index (χ3n) is 6.01. The summed E-state index contributed by atoms with van der Waals surface area (Å²) >= 11 is 0. The fourth-order valence-corrected chi connectivity index (χ4v) is 4.35. The fraction of sp³-hybridized carbons (Fsp3) is 0.111. The molecule has 156 valence electrons. The van der Waals surface area contributed by atoms with Gasteiger partial charge in [-0.1, -0.05) is 54.1 Å². The Kier molecular flexibility index (Phi) is 4.39. The number of nitrogens with zero attached hydrogens (tertiary/aromatic N) is 3. The summed E-state index contributed by atoms with van der Waals surface area (Å²) in [5, 5.41) is 12.1. The van der Waals surface area contributed by atoms with Crippen LogP contribution in [0, 0.1) is 6.92 Å². The predicted octanol–water partition coefficient (Wildman–Crippen LogP) is 6.14. The van der Waals surface area contributed by atoms with Gasteiger partial charge in [-0.05, 0) is 55.5 Å². The Morgan fingerprint density at radius 1 is 0.781 bits per heavy atom. The zero-order valence-electron chi connectivity index (χ0n) is 17.6. The summed E-state index contributed by atoms with van der Waals surface area (Å²) in [4.78, 5) is 2.38. The average Bonchev–Trinajstić information content (AvgIpc) is 3.33. The molecule has 1 aliphatic heterocycles. The normalized spacial score (nSPS) is 18.7. The third kappa shape index (κ3) is 3.19. The molecule has 0 amide bonds. The quantitative estimate of drug-likeness (QED) is 0.433. The minimum Gasteiger partial charge on any atom is -0.416 e. The first kappa shape index (κ1) is 18.6. The molecular formula is C27H22N4O. The third-order valence-corrected chi connectivity index (χ3v) is 6.01. The van der Waals surface area contributed by atoms with Crippen molar-refractivity contribution in [3.05, 3.63) is 103 Å². The second kappa shape index (κ2) is 7.54. The number of rotatable bonds is 3. The number of benzene rings is 3. The number of allylic oxidation sites excluding steroid dienone is 2. The van der Waals surface area contributed by atoms with E-state index in [0.29, 0.717) is 11.8 Å². The molecule has 32 heavy (non-hydrogen) atoms. The van der Waals surface area contributed by atoms with Gasteiger partial charge in [0.1, 0.15) is 0 Å². The van der Waals surface area contributed by atoms with Crippen LogP contribution in [0.4, 0.5) is 17.1 Å². The van der Waals surface area contributed by atoms with Crippen molar-refractivity contribution in [2.75, 3.05) is 10.2 Å². The molecule has 0 saturated carbocycles. The number of aromatic nitrogens is 2. The highest BCUT2D eigenvalue weighted by Gasteiger charge is 2.32. The Bertz CT molecular complexity index is 1320. The summed E-state index contributed by atoms with van der Waals surface area (Å²) in [5.74, 6) is 1.05. The molecule has 2 unspecified atom stereocenters. The van der Waals surface area contributed by atoms with E-state index in [-0.39, 0.29) is 12.1 Å². The van der Waals surface area contributed by atoms with Gasteiger partial charge in [-0.25, -0.2) is 0 Å². The van der Waals surface area contributed by atoms with Crippen LogP contribution in [0.15, 0.2) is 102 Å². The van der Waals surface area contributed by atoms with Gasteiger partial charge in [0.25, 0.3) is 0 Å². The fourth-order valence-electron chi connectivity index (χ4n) is 4.35. The van der Waals surface area contributed by atoms with E-state index >= 15 is 0 Å². The Balaban J connectivity index is 1.33. The molecule has 0 saturated heterocycles. The molecule has 3 aromatic carbocycles. The van der Waals surface area contributed by atoms with E-state index in [1.165, 1.54) is 11.3 Å². The van der Waals surface area contributed by atoms with Gasteiger partial charge in [0.15, 0.2) is 0 Å². The maximum Gasteiger partial charge on any atom is 0.248 e. The van der Waals surface area contributed by atoms with Crippen molar-refractivity contribution >= 4 is 17.1 Å². The number of anilines is 3. The molecule has 2 aliphatic rings. The topological polar surface area (TPSA) is 54.2 Å². The molecule has 2 atom stereocenters. The second-order valence-corrected chi connectivity index (χ2v) is 8.14. The lowest BCUT2D eigenvalue weighted by molar-refractivity contribution is 0.584. The molecule has 0 fully saturated rings. The van der Waals surface area contributed by atoms with Crippen LogP contribution in [0.2, 0.25) is 0 Å². The lowest BCUT2D eigenvalue weighted by atomic mass is 9.95. The lowest BCUT2D eigenvalue weighted by Gasteiger charge is -2.43. The van der Waals surface area contributed by atoms with Crippen molar-refractivity contribution in [1.29, 1.82) is 0 Å². The largest absolute Gasteiger partial charge is 0.416 e. The van der Waals surface area contributed by atoms with Crippen molar-refractivity contribution < 1.29 is 4.42 Å². The molecule has 4 aromatic rings. The molecule has 0 bridgehead atoms. The number of aryl methyl sites for hydroxylation is 1. The van der Waals surface area contributed by atoms with Gasteiger partial charge in [-0.3, -0.25) is 0 Å². The van der Waals surface area contributed by atoms with Crippen molar-refractivity contribution in [2.45, 2.75) is 19.0 Å². The Morgan fingerprint density at radius 3 is 2.19 bits per heavy atom. The highest BCUT2D eigenvalue weighted by Crippen LogP contribution is 2.41. The van der Waals surface area contributed by atoms with Gasteiger partial charge in [0.05, 0.1) is 23.5 Å². The smallest absolute Gasteiger partial charge is 0.248 e. The maximum absolute atomic E-state index is 5.96. The molecule has 6 rings (SSSR count). The van der Waals surface area contributed by atoms with Crippen LogP contribution in [-0.4, -0.2) is 22.3 Å². The number of para-hydroxylation sites is 2. The van der Waals surface area contributed by atoms with E-state index in [9.17, 15) is 0 Å². The minimum absolute atomic E-state index is 0.206. The Morgan fingerprint density at radius 2 is 1.44 bits per heavy atom. The molecule has 0 radical (unpaired) electrons. The molecule has 0 spiro atoms. The van der Waals surface area contributed by atoms with Crippen LogP contribution in [0.5, 0.6) is 0 Å². The zero-order chi connectivity index (χ0) is 21.5. The molecule has 5 nitrogen and oxygen atoms in total. The summed E-state index contributed by atoms with van der Waals surface area (Å²) in [5.41, 5.74) is 6.45. The van der Waals surface area contributed by atoms with Gasteiger partial charge < -0.3 is 14.6 Å². The van der Waals surface area contributed by atoms with Crippen molar-refractivity contribution in [1.82, 2.24) is 10.2 Å². The SMILES string of the molecule is Cc1ccc(-c2nnc(-c3ccc(N4c5ccccc5NC5C=CC=CC54)cc3)o2)cc1. The van der Waals surface area contributed by atoms with E-state index in [0.717, 1.165) is 22.5 Å². The molecule has 1 N–H and O–H groups in total. The van der Waals surface area contributed by atoms with Crippen LogP contribution in [0.3, 0.4) is 0 Å². The van der Waals surface area contributed by atoms with Gasteiger partial charge in [-0.2, -0.15) is 0 Å². The summed E-state index contributed by atoms with van der Waals surface area (Å²) in [6.45, 7) is 2.06. The van der Waals surface area contributed by atoms with Gasteiger partial charge in [-0.15, -0.1) is 10.2 Å². The summed E-state index contributed by atoms with van der Waals surface area (Å²) < 4.78 is 5.96. The summed E-state index contributed by atoms with van der Waals surface area (Å²) in [7, 11) is 0. The van der Waals surface area contributed by atoms with E-state index in [1.54, 1.807) is 0 Å². The second-order valence-electron chi connectivity index (χ2n) is 8.14. The van der Waals surface area contributed by atoms with Crippen LogP contribution in [0.1, 0.15) is 5.56 Å². The highest BCUT2D eigenvalue weighted by molar-refractivity contribution is 5.81. The number of fused-ring (bicyclic) bond motifs is 2. The number of hydrogen-bond acceptors (Lipinski definition) is 5. The first-order valence-electron chi connectivity index (χ1n) is 10.8. The van der Waals surface area contributed by atoms with Crippen LogP contribution >= 0.6 is 0 Å². The molecule has 1 aliphatic carbocycles. The monoisotopic (exact) mass is 418 g/mol. The van der Waals surface area contributed by atoms with Gasteiger partial charge in [0, 0.05) is 16.8 Å². The molecule has 5 heteroatoms. The molecule has 2 heterocycles. The molecular weight excluding hydrogens is 396 g/mol. The number of nitrogens with one attached hydrogen (secondary N) is 1. The van der Waals surface area contributed by atoms with Gasteiger partial charge in [0.2, 0.25) is 11.8 Å². The molecule has 1 aromatic heterocycles. The first-order valence-corrected chi connectivity index (χ1v) is 10.8. The predicted molar refractivity (Wildman–Crippen MR) is 128 cm³/mol. The minimum atomic E-state index is 0.206. The zero-order valence-corrected chi connectivity index (χ0v) is 17.6. The standard InChI is InChI=1S/C27H22N4O/c1-18-10-12-19(13-11-18)26-29-30-27(32-26)20-14-16-21(17-15-20)31-24-8-4-2-6-22(24)28-23-7-3-5-9-25(23)31/h2-17,22,24,28H,1H3. The maximum atomic E-state index is 5.96. The Labute approximate surface area is 186 Å². The van der Waals surface area contributed by atoms with Crippen LogP contribution < -0.4 is 10.2 Å². The van der Waals surface area contributed by atoms with E-state index in [2.05, 4.69) is 88.0 Å². The average molecular weight is 419 g/mol. The van der Waals surface area contributed by atoms with Gasteiger partial charge >= 0.3 is 0 Å². The van der Waals surface area contributed by atoms with Crippen molar-refractivity contribution in [3.63, 3.8) is 0 Å². The first-order chi connectivity index (χ1) is 15.8. The van der Waals surface area contributed by atoms with Crippen LogP contribution in [0.25, 0.3) is 22.9 Å². The van der Waals surface area contributed by atoms with Crippen molar-refractivity contribution in [2.24, 2.45) is 0 Å². The van der Waals surface area contributed by atoms with E-state index < -0.39 is 0 Å². The van der Waals surface area contributed by atoms with Crippen molar-refractivity contribution in [3.8, 4) is 22.9 Å². The highest BCUT2D eigenvalue weighted by atomic mass is 16.4. The van der Waals surface area contributed by atoms with E-state index in [1.807, 2.05) is 36.4 Å². The van der Waals surface area contributed by atoms with E-state index in [4.69, 9.17) is 4.42 Å².